The Kier molecular flexibility index (Phi) is 9.14. The first kappa shape index (κ1) is 24.6. The zero-order valence-corrected chi connectivity index (χ0v) is 19.2. The minimum atomic E-state index is 0. The standard InChI is InChI=1S/C22H29N5O.2ClH/c1-3-18-13-26(10-9-24-18)14-19-15-27(12-16(2)28-19)21-7-6-17(11-23)22-20(21)5-4-8-25-22;;/h4-8,16,18-19,24H,3,9-10,12-15H2,1-2H3;2*1H/t16-,18+,19-;;/m1../s1. The molecule has 164 valence electrons. The number of pyridine rings is 1. The minimum absolute atomic E-state index is 0. The van der Waals surface area contributed by atoms with Crippen molar-refractivity contribution in [3.05, 3.63) is 36.0 Å². The molecule has 1 aromatic heterocycles. The quantitative estimate of drug-likeness (QED) is 0.769. The Morgan fingerprint density at radius 2 is 2.07 bits per heavy atom. The van der Waals surface area contributed by atoms with E-state index in [0.717, 1.165) is 62.3 Å². The van der Waals surface area contributed by atoms with Crippen LogP contribution in [0.25, 0.3) is 10.9 Å². The highest BCUT2D eigenvalue weighted by atomic mass is 35.5. The third-order valence-electron chi connectivity index (χ3n) is 5.83. The summed E-state index contributed by atoms with van der Waals surface area (Å²) in [6, 6.07) is 10.8. The Labute approximate surface area is 191 Å². The van der Waals surface area contributed by atoms with Gasteiger partial charge in [0.1, 0.15) is 6.07 Å². The van der Waals surface area contributed by atoms with Crippen molar-refractivity contribution in [3.63, 3.8) is 0 Å². The lowest BCUT2D eigenvalue weighted by atomic mass is 10.1. The summed E-state index contributed by atoms with van der Waals surface area (Å²) >= 11 is 0. The number of ether oxygens (including phenoxy) is 1. The molecule has 3 atom stereocenters. The summed E-state index contributed by atoms with van der Waals surface area (Å²) in [6.07, 6.45) is 3.27. The van der Waals surface area contributed by atoms with E-state index in [1.807, 2.05) is 12.1 Å². The van der Waals surface area contributed by atoms with Crippen LogP contribution in [-0.4, -0.2) is 67.4 Å². The van der Waals surface area contributed by atoms with Crippen LogP contribution in [0.1, 0.15) is 25.8 Å². The smallest absolute Gasteiger partial charge is 0.101 e. The van der Waals surface area contributed by atoms with Gasteiger partial charge in [-0.05, 0) is 37.6 Å². The zero-order chi connectivity index (χ0) is 19.5. The molecule has 8 heteroatoms. The molecule has 6 nitrogen and oxygen atoms in total. The summed E-state index contributed by atoms with van der Waals surface area (Å²) in [7, 11) is 0. The van der Waals surface area contributed by atoms with Crippen molar-refractivity contribution >= 4 is 41.4 Å². The van der Waals surface area contributed by atoms with Gasteiger partial charge in [-0.25, -0.2) is 0 Å². The van der Waals surface area contributed by atoms with Crippen molar-refractivity contribution in [3.8, 4) is 6.07 Å². The number of morpholine rings is 1. The van der Waals surface area contributed by atoms with Gasteiger partial charge in [0.25, 0.3) is 0 Å². The van der Waals surface area contributed by atoms with E-state index in [1.54, 1.807) is 6.20 Å². The Morgan fingerprint density at radius 3 is 2.83 bits per heavy atom. The van der Waals surface area contributed by atoms with Crippen molar-refractivity contribution in [2.75, 3.05) is 44.2 Å². The van der Waals surface area contributed by atoms with Gasteiger partial charge in [-0.1, -0.05) is 6.92 Å². The molecule has 0 amide bonds. The fourth-order valence-corrected chi connectivity index (χ4v) is 4.49. The average molecular weight is 452 g/mol. The van der Waals surface area contributed by atoms with Crippen LogP contribution in [0, 0.1) is 11.3 Å². The second kappa shape index (κ2) is 11.1. The molecule has 0 spiro atoms. The molecule has 4 rings (SSSR count). The molecule has 0 bridgehead atoms. The number of piperazine rings is 1. The van der Waals surface area contributed by atoms with Crippen molar-refractivity contribution < 1.29 is 4.74 Å². The molecule has 1 aromatic carbocycles. The summed E-state index contributed by atoms with van der Waals surface area (Å²) in [4.78, 5) is 9.40. The number of fused-ring (bicyclic) bond motifs is 1. The third kappa shape index (κ3) is 5.35. The van der Waals surface area contributed by atoms with Gasteiger partial charge in [0.2, 0.25) is 0 Å². The summed E-state index contributed by atoms with van der Waals surface area (Å²) < 4.78 is 6.29. The Morgan fingerprint density at radius 1 is 1.23 bits per heavy atom. The first-order valence-electron chi connectivity index (χ1n) is 10.3. The van der Waals surface area contributed by atoms with Crippen molar-refractivity contribution in [2.45, 2.75) is 38.5 Å². The highest BCUT2D eigenvalue weighted by Gasteiger charge is 2.29. The molecule has 2 aliphatic heterocycles. The van der Waals surface area contributed by atoms with Gasteiger partial charge in [0.05, 0.1) is 23.3 Å². The van der Waals surface area contributed by atoms with Crippen molar-refractivity contribution in [1.82, 2.24) is 15.2 Å². The summed E-state index contributed by atoms with van der Waals surface area (Å²) in [5.74, 6) is 0. The number of hydrogen-bond donors (Lipinski definition) is 1. The molecule has 2 saturated heterocycles. The second-order valence-electron chi connectivity index (χ2n) is 7.94. The molecule has 2 aromatic rings. The molecule has 30 heavy (non-hydrogen) atoms. The van der Waals surface area contributed by atoms with E-state index in [9.17, 15) is 5.26 Å². The van der Waals surface area contributed by atoms with Gasteiger partial charge in [-0.15, -0.1) is 24.8 Å². The van der Waals surface area contributed by atoms with Gasteiger partial charge in [0, 0.05) is 62.6 Å². The van der Waals surface area contributed by atoms with Crippen LogP contribution < -0.4 is 10.2 Å². The highest BCUT2D eigenvalue weighted by molar-refractivity contribution is 5.95. The van der Waals surface area contributed by atoms with Gasteiger partial charge < -0.3 is 15.0 Å². The maximum Gasteiger partial charge on any atom is 0.101 e. The third-order valence-corrected chi connectivity index (χ3v) is 5.83. The molecule has 2 fully saturated rings. The van der Waals surface area contributed by atoms with Crippen LogP contribution in [-0.2, 0) is 4.74 Å². The minimum Gasteiger partial charge on any atom is -0.370 e. The molecule has 0 unspecified atom stereocenters. The number of nitriles is 1. The van der Waals surface area contributed by atoms with Gasteiger partial charge in [-0.3, -0.25) is 9.88 Å². The molecule has 0 radical (unpaired) electrons. The number of nitrogens with zero attached hydrogens (tertiary/aromatic N) is 4. The van der Waals surface area contributed by atoms with Crippen molar-refractivity contribution in [1.29, 1.82) is 5.26 Å². The number of aromatic nitrogens is 1. The predicted octanol–water partition coefficient (Wildman–Crippen LogP) is 3.23. The molecule has 3 heterocycles. The summed E-state index contributed by atoms with van der Waals surface area (Å²) in [6.45, 7) is 10.3. The van der Waals surface area contributed by atoms with Gasteiger partial charge in [0.15, 0.2) is 0 Å². The van der Waals surface area contributed by atoms with E-state index in [2.05, 4.69) is 52.2 Å². The van der Waals surface area contributed by atoms with Crippen molar-refractivity contribution in [2.24, 2.45) is 0 Å². The SMILES string of the molecule is CC[C@H]1CN(C[C@@H]2CN(c3ccc(C#N)c4ncccc34)C[C@@H](C)O2)CCN1.Cl.Cl. The van der Waals surface area contributed by atoms with Crippen LogP contribution in [0.3, 0.4) is 0 Å². The normalized spacial score (nSPS) is 24.6. The van der Waals surface area contributed by atoms with E-state index in [1.165, 1.54) is 0 Å². The number of nitrogens with one attached hydrogen (secondary N) is 1. The highest BCUT2D eigenvalue weighted by Crippen LogP contribution is 2.30. The van der Waals surface area contributed by atoms with Crippen LogP contribution in [0.15, 0.2) is 30.5 Å². The van der Waals surface area contributed by atoms with Crippen LogP contribution in [0.4, 0.5) is 5.69 Å². The molecule has 0 saturated carbocycles. The summed E-state index contributed by atoms with van der Waals surface area (Å²) in [5.41, 5.74) is 2.56. The van der Waals surface area contributed by atoms with Crippen LogP contribution in [0.5, 0.6) is 0 Å². The second-order valence-corrected chi connectivity index (χ2v) is 7.94. The Hall–Kier alpha value is -1.62. The van der Waals surface area contributed by atoms with Crippen LogP contribution in [0.2, 0.25) is 0 Å². The number of benzene rings is 1. The lowest BCUT2D eigenvalue weighted by Gasteiger charge is -2.42. The molecular formula is C22H31Cl2N5O. The number of hydrogen-bond acceptors (Lipinski definition) is 6. The molecule has 2 aliphatic rings. The first-order chi connectivity index (χ1) is 13.7. The number of rotatable bonds is 4. The molecule has 1 N–H and O–H groups in total. The number of anilines is 1. The first-order valence-corrected chi connectivity index (χ1v) is 10.3. The largest absolute Gasteiger partial charge is 0.370 e. The van der Waals surface area contributed by atoms with Gasteiger partial charge in [-0.2, -0.15) is 5.26 Å². The molecular weight excluding hydrogens is 421 g/mol. The average Bonchev–Trinajstić information content (AvgIpc) is 2.72. The Balaban J connectivity index is 0.00000160. The summed E-state index contributed by atoms with van der Waals surface area (Å²) in [5, 5.41) is 14.0. The topological polar surface area (TPSA) is 64.4 Å². The number of halogens is 2. The predicted molar refractivity (Wildman–Crippen MR) is 126 cm³/mol. The maximum absolute atomic E-state index is 9.41. The van der Waals surface area contributed by atoms with E-state index in [0.29, 0.717) is 11.6 Å². The Bertz CT molecular complexity index is 874. The van der Waals surface area contributed by atoms with E-state index >= 15 is 0 Å². The maximum atomic E-state index is 9.41. The fraction of sp³-hybridized carbons (Fsp3) is 0.545. The van der Waals surface area contributed by atoms with E-state index < -0.39 is 0 Å². The lowest BCUT2D eigenvalue weighted by Crippen LogP contribution is -2.56. The van der Waals surface area contributed by atoms with Gasteiger partial charge >= 0.3 is 0 Å². The lowest BCUT2D eigenvalue weighted by molar-refractivity contribution is -0.0353. The van der Waals surface area contributed by atoms with E-state index in [-0.39, 0.29) is 37.0 Å². The molecule has 0 aliphatic carbocycles. The van der Waals surface area contributed by atoms with E-state index in [4.69, 9.17) is 4.74 Å². The fourth-order valence-electron chi connectivity index (χ4n) is 4.49. The van der Waals surface area contributed by atoms with Crippen LogP contribution >= 0.6 is 24.8 Å². The zero-order valence-electron chi connectivity index (χ0n) is 17.6. The monoisotopic (exact) mass is 451 g/mol.